The number of cyclic esters (lactones) is 1. The minimum absolute atomic E-state index is 0.0131. The van der Waals surface area contributed by atoms with Crippen molar-refractivity contribution in [1.82, 2.24) is 4.90 Å². The van der Waals surface area contributed by atoms with Crippen molar-refractivity contribution < 1.29 is 52.3 Å². The van der Waals surface area contributed by atoms with Gasteiger partial charge in [0.05, 0.1) is 36.9 Å². The molecule has 3 unspecified atom stereocenters. The molecular formula is C44H69NO11. The second-order valence-electron chi connectivity index (χ2n) is 17.6. The summed E-state index contributed by atoms with van der Waals surface area (Å²) in [6.07, 6.45) is 9.55. The Morgan fingerprint density at radius 3 is 2.27 bits per heavy atom. The van der Waals surface area contributed by atoms with Gasteiger partial charge in [0.15, 0.2) is 18.4 Å². The number of fused-ring (bicyclic) bond motifs is 5. The van der Waals surface area contributed by atoms with Crippen LogP contribution >= 0.6 is 0 Å². The van der Waals surface area contributed by atoms with Crippen LogP contribution in [0.25, 0.3) is 0 Å². The van der Waals surface area contributed by atoms with E-state index in [1.165, 1.54) is 0 Å². The Morgan fingerprint density at radius 1 is 0.875 bits per heavy atom. The monoisotopic (exact) mass is 787 g/mol. The molecule has 3 aliphatic heterocycles. The Labute approximate surface area is 334 Å². The van der Waals surface area contributed by atoms with Gasteiger partial charge < -0.3 is 42.8 Å². The SMILES string of the molecule is CC[C@H]1CCC[C@H](O[C@H]2CC[C@H](N(C)C(=O)C(C)C)C(C)O2)[C@@H](C)C(=O)C2=C[C@@H]3[C@@H](C=C[C@@H]4C[C@@H](O[C@@H]5OC(C)[C@H](OC)[C@@H](OC)C5OC)C[C@@H]34)[C@@H]2CC(=O)O1. The van der Waals surface area contributed by atoms with Gasteiger partial charge in [0.25, 0.3) is 0 Å². The fraction of sp³-hybridized carbons (Fsp3) is 0.841. The number of ketones is 1. The molecule has 1 amide bonds. The maximum atomic E-state index is 14.8. The number of likely N-dealkylation sites (N-methyl/N-ethyl adjacent to an activating group) is 1. The maximum Gasteiger partial charge on any atom is 0.306 e. The lowest BCUT2D eigenvalue weighted by Gasteiger charge is -2.44. The van der Waals surface area contributed by atoms with Gasteiger partial charge in [0, 0.05) is 52.6 Å². The van der Waals surface area contributed by atoms with Crippen LogP contribution in [-0.2, 0) is 52.3 Å². The fourth-order valence-corrected chi connectivity index (χ4v) is 10.8. The molecule has 17 atom stereocenters. The van der Waals surface area contributed by atoms with Crippen molar-refractivity contribution >= 4 is 17.7 Å². The van der Waals surface area contributed by atoms with E-state index in [-0.39, 0.29) is 108 Å². The van der Waals surface area contributed by atoms with Crippen molar-refractivity contribution in [2.75, 3.05) is 28.4 Å². The minimum atomic E-state index is -0.612. The number of hydrogen-bond donors (Lipinski definition) is 0. The van der Waals surface area contributed by atoms with Crippen LogP contribution in [0.3, 0.4) is 0 Å². The molecular weight excluding hydrogens is 718 g/mol. The summed E-state index contributed by atoms with van der Waals surface area (Å²) < 4.78 is 49.6. The molecule has 0 N–H and O–H groups in total. The predicted octanol–water partition coefficient (Wildman–Crippen LogP) is 6.04. The van der Waals surface area contributed by atoms with Crippen LogP contribution in [-0.4, -0.2) is 118 Å². The third-order valence-corrected chi connectivity index (χ3v) is 13.9. The van der Waals surface area contributed by atoms with E-state index in [2.05, 4.69) is 25.2 Å². The number of amides is 1. The lowest BCUT2D eigenvalue weighted by Crippen LogP contribution is -2.59. The van der Waals surface area contributed by atoms with Crippen LogP contribution in [0.1, 0.15) is 99.3 Å². The van der Waals surface area contributed by atoms with Crippen LogP contribution in [0.2, 0.25) is 0 Å². The van der Waals surface area contributed by atoms with Crippen LogP contribution in [0.4, 0.5) is 0 Å². The van der Waals surface area contributed by atoms with Crippen molar-refractivity contribution in [2.24, 2.45) is 41.4 Å². The van der Waals surface area contributed by atoms with Crippen molar-refractivity contribution in [3.8, 4) is 0 Å². The summed E-state index contributed by atoms with van der Waals surface area (Å²) in [5, 5.41) is 0. The average molecular weight is 788 g/mol. The lowest BCUT2D eigenvalue weighted by molar-refractivity contribution is -0.314. The van der Waals surface area contributed by atoms with Crippen molar-refractivity contribution in [1.29, 1.82) is 0 Å². The number of hydrogen-bond acceptors (Lipinski definition) is 11. The van der Waals surface area contributed by atoms with E-state index in [4.69, 9.17) is 37.9 Å². The minimum Gasteiger partial charge on any atom is -0.462 e. The first-order valence-electron chi connectivity index (χ1n) is 21.4. The Morgan fingerprint density at radius 2 is 1.61 bits per heavy atom. The Bertz CT molecular complexity index is 1430. The molecule has 0 aromatic carbocycles. The molecule has 12 nitrogen and oxygen atoms in total. The first-order valence-corrected chi connectivity index (χ1v) is 21.4. The largest absolute Gasteiger partial charge is 0.462 e. The van der Waals surface area contributed by atoms with Gasteiger partial charge in [-0.25, -0.2) is 0 Å². The molecule has 6 aliphatic rings. The first-order chi connectivity index (χ1) is 26.8. The highest BCUT2D eigenvalue weighted by atomic mass is 16.7. The molecule has 3 heterocycles. The van der Waals surface area contributed by atoms with Crippen LogP contribution in [0.15, 0.2) is 23.8 Å². The van der Waals surface area contributed by atoms with E-state index in [1.807, 2.05) is 46.6 Å². The van der Waals surface area contributed by atoms with E-state index < -0.39 is 24.6 Å². The quantitative estimate of drug-likeness (QED) is 0.190. The number of methoxy groups -OCH3 is 3. The van der Waals surface area contributed by atoms with Gasteiger partial charge in [-0.2, -0.15) is 0 Å². The van der Waals surface area contributed by atoms with Gasteiger partial charge in [-0.15, -0.1) is 0 Å². The predicted molar refractivity (Wildman–Crippen MR) is 208 cm³/mol. The average Bonchev–Trinajstić information content (AvgIpc) is 3.76. The Kier molecular flexibility index (Phi) is 14.6. The number of ether oxygens (including phenoxy) is 8. The number of carbonyl (C=O) groups excluding carboxylic acids is 3. The van der Waals surface area contributed by atoms with Crippen molar-refractivity contribution in [2.45, 2.75) is 167 Å². The molecule has 316 valence electrons. The number of allylic oxidation sites excluding steroid dienone is 4. The van der Waals surface area contributed by atoms with Crippen molar-refractivity contribution in [3.63, 3.8) is 0 Å². The summed E-state index contributed by atoms with van der Waals surface area (Å²) in [6, 6.07) is -0.0317. The van der Waals surface area contributed by atoms with Crippen molar-refractivity contribution in [3.05, 3.63) is 23.8 Å². The first kappa shape index (κ1) is 43.4. The second kappa shape index (κ2) is 18.8. The van der Waals surface area contributed by atoms with Crippen LogP contribution in [0.5, 0.6) is 0 Å². The van der Waals surface area contributed by atoms with E-state index in [0.717, 1.165) is 37.7 Å². The zero-order valence-electron chi connectivity index (χ0n) is 35.4. The highest BCUT2D eigenvalue weighted by molar-refractivity contribution is 5.99. The number of rotatable bonds is 10. The highest BCUT2D eigenvalue weighted by Gasteiger charge is 2.53. The summed E-state index contributed by atoms with van der Waals surface area (Å²) in [4.78, 5) is 42.9. The standard InChI is InChI=1S/C44H69NO11/c1-11-28-13-12-14-36(56-38-18-17-35(25(5)52-38)45(7)43(48)23(2)3)24(4)39(47)34-21-32-30(33(34)22-37(46)54-28)16-15-27-19-29(20-31(27)32)55-44-42(51-10)41(50-9)40(49-8)26(6)53-44/h15-16,21,23-33,35-36,38,40-42,44H,11-14,17-20,22H2,1-10H3/t24-,25?,26?,27-,28+,29-,30-,31-,32-,33+,35+,36+,38+,40+,41-,42?,44+/m1/s1. The van der Waals surface area contributed by atoms with Crippen LogP contribution in [0, 0.1) is 41.4 Å². The Hall–Kier alpha value is -2.19. The lowest BCUT2D eigenvalue weighted by atomic mass is 9.70. The van der Waals surface area contributed by atoms with Gasteiger partial charge in [-0.3, -0.25) is 14.4 Å². The van der Waals surface area contributed by atoms with Gasteiger partial charge in [-0.05, 0) is 88.0 Å². The molecule has 0 radical (unpaired) electrons. The Balaban J connectivity index is 1.19. The topological polar surface area (TPSA) is 128 Å². The molecule has 4 fully saturated rings. The summed E-state index contributed by atoms with van der Waals surface area (Å²) in [5.74, 6) is -0.253. The normalized spacial score (nSPS) is 43.2. The molecule has 1 saturated carbocycles. The second-order valence-corrected chi connectivity index (χ2v) is 17.6. The van der Waals surface area contributed by atoms with Gasteiger partial charge in [0.2, 0.25) is 5.91 Å². The van der Waals surface area contributed by atoms with Gasteiger partial charge in [-0.1, -0.05) is 45.9 Å². The molecule has 12 heteroatoms. The van der Waals surface area contributed by atoms with Crippen LogP contribution < -0.4 is 0 Å². The number of esters is 1. The number of nitrogens with zero attached hydrogens (tertiary/aromatic N) is 1. The molecule has 0 aromatic heterocycles. The third-order valence-electron chi connectivity index (χ3n) is 13.9. The van der Waals surface area contributed by atoms with E-state index in [9.17, 15) is 14.4 Å². The summed E-state index contributed by atoms with van der Waals surface area (Å²) in [6.45, 7) is 11.8. The summed E-state index contributed by atoms with van der Waals surface area (Å²) >= 11 is 0. The smallest absolute Gasteiger partial charge is 0.306 e. The number of carbonyl (C=O) groups is 3. The summed E-state index contributed by atoms with van der Waals surface area (Å²) in [7, 11) is 6.81. The van der Waals surface area contributed by atoms with Gasteiger partial charge in [0.1, 0.15) is 24.4 Å². The fourth-order valence-electron chi connectivity index (χ4n) is 10.8. The zero-order chi connectivity index (χ0) is 40.4. The summed E-state index contributed by atoms with van der Waals surface area (Å²) in [5.41, 5.74) is 0.727. The molecule has 0 aromatic rings. The number of Topliss-reactive ketones (excluding diaryl/α,β-unsaturated/α-hetero) is 1. The highest BCUT2D eigenvalue weighted by Crippen LogP contribution is 2.54. The van der Waals surface area contributed by atoms with E-state index in [1.54, 1.807) is 21.3 Å². The maximum absolute atomic E-state index is 14.8. The zero-order valence-corrected chi connectivity index (χ0v) is 35.4. The molecule has 3 saturated heterocycles. The molecule has 0 bridgehead atoms. The van der Waals surface area contributed by atoms with E-state index >= 15 is 0 Å². The molecule has 3 aliphatic carbocycles. The van der Waals surface area contributed by atoms with Gasteiger partial charge >= 0.3 is 5.97 Å². The third kappa shape index (κ3) is 9.01. The van der Waals surface area contributed by atoms with E-state index in [0.29, 0.717) is 19.3 Å². The molecule has 6 rings (SSSR count). The molecule has 0 spiro atoms. The molecule has 56 heavy (non-hydrogen) atoms.